The molecule has 12 heteroatoms. The molecule has 0 aromatic heterocycles. The Morgan fingerprint density at radius 2 is 2.03 bits per heavy atom. The molecule has 9 nitrogen and oxygen atoms in total. The summed E-state index contributed by atoms with van der Waals surface area (Å²) in [6.07, 6.45) is -4.62. The van der Waals surface area contributed by atoms with Gasteiger partial charge in [-0.15, -0.1) is 0 Å². The predicted octanol–water partition coefficient (Wildman–Crippen LogP) is 0.103. The van der Waals surface area contributed by atoms with E-state index in [-0.39, 0.29) is 69.1 Å². The monoisotopic (exact) mass is 458 g/mol. The fourth-order valence-electron chi connectivity index (χ4n) is 3.62. The standard InChI is InChI=1S/C20H25F3N4O5/c1-31-12-18(29)26-6-7-27-14(10-26)11-32-16-3-2-13(20(21,22)23)8-15(16)19(30)25-5-4-24-9-17(27)28/h2-3,8,14,24H,4-7,9-12H2,1H3,(H,25,30)/t14-/m0/s1. The third-order valence-electron chi connectivity index (χ3n) is 5.27. The van der Waals surface area contributed by atoms with Crippen molar-refractivity contribution in [1.29, 1.82) is 0 Å². The van der Waals surface area contributed by atoms with E-state index in [2.05, 4.69) is 10.6 Å². The van der Waals surface area contributed by atoms with E-state index in [4.69, 9.17) is 9.47 Å². The minimum absolute atomic E-state index is 0.0174. The van der Waals surface area contributed by atoms with Gasteiger partial charge in [0.05, 0.1) is 23.7 Å². The Balaban J connectivity index is 1.88. The van der Waals surface area contributed by atoms with Crippen molar-refractivity contribution in [3.8, 4) is 5.75 Å². The molecule has 2 aliphatic rings. The number of ether oxygens (including phenoxy) is 2. The van der Waals surface area contributed by atoms with Crippen LogP contribution in [0.2, 0.25) is 0 Å². The molecule has 0 unspecified atom stereocenters. The highest BCUT2D eigenvalue weighted by molar-refractivity contribution is 5.97. The Kier molecular flexibility index (Phi) is 7.56. The molecule has 0 aliphatic carbocycles. The van der Waals surface area contributed by atoms with Gasteiger partial charge in [-0.25, -0.2) is 0 Å². The number of methoxy groups -OCH3 is 1. The SMILES string of the molecule is COCC(=O)N1CCN2C(=O)CNCCNC(=O)c3cc(C(F)(F)F)ccc3OC[C@@H]2C1. The highest BCUT2D eigenvalue weighted by Gasteiger charge is 2.34. The summed E-state index contributed by atoms with van der Waals surface area (Å²) in [5, 5.41) is 5.44. The minimum Gasteiger partial charge on any atom is -0.491 e. The Bertz CT molecular complexity index is 864. The number of halogens is 3. The summed E-state index contributed by atoms with van der Waals surface area (Å²) in [7, 11) is 1.41. The van der Waals surface area contributed by atoms with Crippen LogP contribution in [0.3, 0.4) is 0 Å². The number of fused-ring (bicyclic) bond motifs is 2. The van der Waals surface area contributed by atoms with Crippen LogP contribution in [-0.2, 0) is 20.5 Å². The van der Waals surface area contributed by atoms with E-state index >= 15 is 0 Å². The average Bonchev–Trinajstić information content (AvgIpc) is 2.76. The molecular formula is C20H25F3N4O5. The third-order valence-corrected chi connectivity index (χ3v) is 5.27. The first-order valence-corrected chi connectivity index (χ1v) is 10.1. The van der Waals surface area contributed by atoms with Gasteiger partial charge in [-0.2, -0.15) is 13.2 Å². The van der Waals surface area contributed by atoms with Crippen LogP contribution in [0.15, 0.2) is 18.2 Å². The van der Waals surface area contributed by atoms with Gasteiger partial charge in [0, 0.05) is 39.8 Å². The molecule has 1 aromatic rings. The fraction of sp³-hybridized carbons (Fsp3) is 0.550. The first-order valence-electron chi connectivity index (χ1n) is 10.1. The molecule has 0 saturated carbocycles. The second kappa shape index (κ2) is 10.2. The van der Waals surface area contributed by atoms with Crippen LogP contribution < -0.4 is 15.4 Å². The van der Waals surface area contributed by atoms with E-state index in [1.807, 2.05) is 0 Å². The van der Waals surface area contributed by atoms with E-state index in [1.165, 1.54) is 7.11 Å². The molecular weight excluding hydrogens is 433 g/mol. The highest BCUT2D eigenvalue weighted by Crippen LogP contribution is 2.33. The molecule has 3 amide bonds. The topological polar surface area (TPSA) is 100 Å². The quantitative estimate of drug-likeness (QED) is 0.653. The Morgan fingerprint density at radius 3 is 2.75 bits per heavy atom. The maximum absolute atomic E-state index is 13.2. The van der Waals surface area contributed by atoms with E-state index in [1.54, 1.807) is 9.80 Å². The second-order valence-electron chi connectivity index (χ2n) is 7.47. The van der Waals surface area contributed by atoms with Crippen LogP contribution in [0, 0.1) is 0 Å². The molecule has 0 bridgehead atoms. The van der Waals surface area contributed by atoms with Crippen molar-refractivity contribution < 1.29 is 37.0 Å². The number of rotatable bonds is 2. The van der Waals surface area contributed by atoms with Crippen LogP contribution in [0.1, 0.15) is 15.9 Å². The summed E-state index contributed by atoms with van der Waals surface area (Å²) in [6.45, 7) is 0.964. The van der Waals surface area contributed by atoms with Crippen molar-refractivity contribution in [3.63, 3.8) is 0 Å². The Morgan fingerprint density at radius 1 is 1.25 bits per heavy atom. The van der Waals surface area contributed by atoms with Crippen LogP contribution >= 0.6 is 0 Å². The lowest BCUT2D eigenvalue weighted by Gasteiger charge is -2.41. The van der Waals surface area contributed by atoms with Gasteiger partial charge in [0.25, 0.3) is 5.91 Å². The Hall–Kier alpha value is -2.86. The van der Waals surface area contributed by atoms with Crippen molar-refractivity contribution in [1.82, 2.24) is 20.4 Å². The normalized spacial score (nSPS) is 20.7. The molecule has 1 atom stereocenters. The van der Waals surface area contributed by atoms with Crippen molar-refractivity contribution in [3.05, 3.63) is 29.3 Å². The largest absolute Gasteiger partial charge is 0.491 e. The zero-order valence-electron chi connectivity index (χ0n) is 17.5. The third kappa shape index (κ3) is 5.68. The number of carbonyl (C=O) groups is 3. The average molecular weight is 458 g/mol. The predicted molar refractivity (Wildman–Crippen MR) is 106 cm³/mol. The molecule has 0 spiro atoms. The molecule has 32 heavy (non-hydrogen) atoms. The van der Waals surface area contributed by atoms with E-state index in [0.29, 0.717) is 6.54 Å². The summed E-state index contributed by atoms with van der Waals surface area (Å²) in [5.41, 5.74) is -1.22. The molecule has 1 fully saturated rings. The molecule has 1 saturated heterocycles. The molecule has 176 valence electrons. The van der Waals surface area contributed by atoms with E-state index in [9.17, 15) is 27.6 Å². The van der Waals surface area contributed by atoms with E-state index in [0.717, 1.165) is 18.2 Å². The van der Waals surface area contributed by atoms with Crippen LogP contribution in [0.4, 0.5) is 13.2 Å². The summed E-state index contributed by atoms with van der Waals surface area (Å²) < 4.78 is 50.1. The minimum atomic E-state index is -4.62. The van der Waals surface area contributed by atoms with Gasteiger partial charge >= 0.3 is 6.18 Å². The Labute approximate surface area is 182 Å². The lowest BCUT2D eigenvalue weighted by Crippen LogP contribution is -2.60. The molecule has 3 rings (SSSR count). The lowest BCUT2D eigenvalue weighted by molar-refractivity contribution is -0.145. The van der Waals surface area contributed by atoms with Crippen LogP contribution in [0.25, 0.3) is 0 Å². The first kappa shape index (κ1) is 23.8. The fourth-order valence-corrected chi connectivity index (χ4v) is 3.62. The number of carbonyl (C=O) groups excluding carboxylic acids is 3. The van der Waals surface area contributed by atoms with Crippen LogP contribution in [0.5, 0.6) is 5.75 Å². The zero-order valence-corrected chi connectivity index (χ0v) is 17.5. The lowest BCUT2D eigenvalue weighted by atomic mass is 10.1. The zero-order chi connectivity index (χ0) is 23.3. The van der Waals surface area contributed by atoms with Crippen molar-refractivity contribution >= 4 is 17.7 Å². The number of hydrogen-bond donors (Lipinski definition) is 2. The summed E-state index contributed by atoms with van der Waals surface area (Å²) >= 11 is 0. The van der Waals surface area contributed by atoms with Crippen molar-refractivity contribution in [2.45, 2.75) is 12.2 Å². The second-order valence-corrected chi connectivity index (χ2v) is 7.47. The summed E-state index contributed by atoms with van der Waals surface area (Å²) in [4.78, 5) is 40.6. The van der Waals surface area contributed by atoms with Crippen LogP contribution in [-0.4, -0.2) is 93.2 Å². The summed E-state index contributed by atoms with van der Waals surface area (Å²) in [5.74, 6) is -1.18. The number of nitrogens with one attached hydrogen (secondary N) is 2. The van der Waals surface area contributed by atoms with Gasteiger partial charge in [-0.05, 0) is 18.2 Å². The van der Waals surface area contributed by atoms with Gasteiger partial charge in [-0.1, -0.05) is 0 Å². The highest BCUT2D eigenvalue weighted by atomic mass is 19.4. The molecule has 2 N–H and O–H groups in total. The maximum Gasteiger partial charge on any atom is 0.416 e. The molecule has 2 heterocycles. The number of alkyl halides is 3. The number of hydrogen-bond acceptors (Lipinski definition) is 6. The van der Waals surface area contributed by atoms with Gasteiger partial charge in [0.1, 0.15) is 19.0 Å². The van der Waals surface area contributed by atoms with E-state index < -0.39 is 23.7 Å². The number of amides is 3. The van der Waals surface area contributed by atoms with Gasteiger partial charge < -0.3 is 29.9 Å². The van der Waals surface area contributed by atoms with Gasteiger partial charge in [0.2, 0.25) is 11.8 Å². The molecule has 1 aromatic carbocycles. The number of piperazine rings is 1. The van der Waals surface area contributed by atoms with Gasteiger partial charge in [-0.3, -0.25) is 14.4 Å². The van der Waals surface area contributed by atoms with Gasteiger partial charge in [0.15, 0.2) is 0 Å². The molecule has 2 aliphatic heterocycles. The molecule has 0 radical (unpaired) electrons. The number of benzene rings is 1. The first-order chi connectivity index (χ1) is 15.2. The summed E-state index contributed by atoms with van der Waals surface area (Å²) in [6, 6.07) is 2.14. The maximum atomic E-state index is 13.2. The van der Waals surface area contributed by atoms with Crippen molar-refractivity contribution in [2.75, 3.05) is 59.6 Å². The van der Waals surface area contributed by atoms with Crippen molar-refractivity contribution in [2.24, 2.45) is 0 Å². The number of nitrogens with zero attached hydrogens (tertiary/aromatic N) is 2. The smallest absolute Gasteiger partial charge is 0.416 e.